The zero-order valence-corrected chi connectivity index (χ0v) is 31.0. The van der Waals surface area contributed by atoms with E-state index < -0.39 is 17.6 Å². The Morgan fingerprint density at radius 3 is 1.64 bits per heavy atom. The van der Waals surface area contributed by atoms with E-state index >= 15 is 0 Å². The largest absolute Gasteiger partial charge is 0.623 e. The average Bonchev–Trinajstić information content (AvgIpc) is 3.68. The van der Waals surface area contributed by atoms with Crippen molar-refractivity contribution in [1.82, 2.24) is 0 Å². The fraction of sp³-hybridized carbons (Fsp3) is 0.128. The minimum atomic E-state index is -1.49. The number of anilines is 4. The van der Waals surface area contributed by atoms with Crippen molar-refractivity contribution in [3.63, 3.8) is 0 Å². The first-order valence-corrected chi connectivity index (χ1v) is 19.3. The van der Waals surface area contributed by atoms with Gasteiger partial charge in [0.25, 0.3) is 0 Å². The molecule has 3 heterocycles. The second-order valence-corrected chi connectivity index (χ2v) is 14.8. The molecule has 0 radical (unpaired) electrons. The number of amides is 1. The third-order valence-corrected chi connectivity index (χ3v) is 11.1. The van der Waals surface area contributed by atoms with Crippen LogP contribution in [-0.2, 0) is 22.4 Å². The van der Waals surface area contributed by atoms with Gasteiger partial charge in [-0.1, -0.05) is 78.9 Å². The van der Waals surface area contributed by atoms with Crippen LogP contribution in [0.4, 0.5) is 28.4 Å². The van der Waals surface area contributed by atoms with Gasteiger partial charge in [0.2, 0.25) is 0 Å². The summed E-state index contributed by atoms with van der Waals surface area (Å²) >= 11 is 1.43. The molecule has 1 amide bonds. The molecule has 272 valence electrons. The molecule has 6 aromatic rings. The maximum Gasteiger partial charge on any atom is 0.354 e. The van der Waals surface area contributed by atoms with E-state index in [0.29, 0.717) is 10.6 Å². The monoisotopic (exact) mass is 739 g/mol. The van der Waals surface area contributed by atoms with Crippen molar-refractivity contribution in [3.05, 3.63) is 182 Å². The van der Waals surface area contributed by atoms with E-state index in [2.05, 4.69) is 106 Å². The van der Waals surface area contributed by atoms with Crippen LogP contribution < -0.4 is 9.80 Å². The highest BCUT2D eigenvalue weighted by Crippen LogP contribution is 2.40. The number of hydrogen-bond donors (Lipinski definition) is 2. The molecule has 8 rings (SSSR count). The molecule has 2 aliphatic heterocycles. The molecule has 0 saturated heterocycles. The van der Waals surface area contributed by atoms with E-state index in [1.165, 1.54) is 51.3 Å². The quantitative estimate of drug-likeness (QED) is 0.108. The van der Waals surface area contributed by atoms with E-state index in [0.717, 1.165) is 60.3 Å². The van der Waals surface area contributed by atoms with Crippen LogP contribution in [0.2, 0.25) is 0 Å². The number of aryl methyl sites for hydroxylation is 2. The van der Waals surface area contributed by atoms with E-state index in [1.54, 1.807) is 24.3 Å². The number of nitrogens with one attached hydrogen (secondary N) is 1. The molecule has 2 N–H and O–H groups in total. The normalized spacial score (nSPS) is 13.7. The van der Waals surface area contributed by atoms with Gasteiger partial charge in [-0.25, -0.2) is 4.79 Å². The van der Waals surface area contributed by atoms with Crippen LogP contribution in [-0.4, -0.2) is 35.8 Å². The van der Waals surface area contributed by atoms with Crippen LogP contribution in [0.5, 0.6) is 0 Å². The number of nitrogens with zero attached hydrogens (tertiary/aromatic N) is 3. The van der Waals surface area contributed by atoms with Crippen molar-refractivity contribution in [2.45, 2.75) is 25.7 Å². The number of carboxylic acids is 1. The molecule has 0 spiro atoms. The van der Waals surface area contributed by atoms with Crippen molar-refractivity contribution < 1.29 is 14.7 Å². The molecule has 0 saturated carbocycles. The average molecular weight is 740 g/mol. The van der Waals surface area contributed by atoms with Gasteiger partial charge >= 0.3 is 5.97 Å². The molecule has 7 nitrogen and oxygen atoms in total. The number of carboxylic acid groups (broad SMARTS) is 1. The van der Waals surface area contributed by atoms with Gasteiger partial charge < -0.3 is 25.0 Å². The van der Waals surface area contributed by atoms with Crippen molar-refractivity contribution in [1.29, 1.82) is 5.41 Å². The number of aliphatic carboxylic acids is 1. The van der Waals surface area contributed by atoms with Gasteiger partial charge in [0, 0.05) is 51.2 Å². The summed E-state index contributed by atoms with van der Waals surface area (Å²) in [5, 5.41) is 22.0. The first-order chi connectivity index (χ1) is 26.9. The molecule has 0 unspecified atom stereocenters. The van der Waals surface area contributed by atoms with E-state index in [-0.39, 0.29) is 5.57 Å². The fourth-order valence-corrected chi connectivity index (χ4v) is 8.36. The van der Waals surface area contributed by atoms with Gasteiger partial charge in [0.15, 0.2) is 0 Å². The standard InChI is InChI=1S/C47H40N4O3S/c48-45(47(53)54)42(46(52)49-36-14-4-1-5-15-36)31-40-23-22-39(55-40)30-41(32-20-24-43-34(28-32)12-10-26-50(43)37-16-6-2-7-17-37)33-21-25-44-35(29-33)13-11-27-51(44)38-18-8-3-9-19-38/h1-9,14-25,28-31,48H,10-13,26-27H2,(H2,49,52,53,54)/p-1/b42-31-,48-45?. The predicted octanol–water partition coefficient (Wildman–Crippen LogP) is 11.2. The van der Waals surface area contributed by atoms with Gasteiger partial charge in [0.05, 0.1) is 5.91 Å². The molecule has 0 atom stereocenters. The van der Waals surface area contributed by atoms with Crippen LogP contribution in [0.25, 0.3) is 23.0 Å². The number of benzene rings is 5. The summed E-state index contributed by atoms with van der Waals surface area (Å²) in [5.74, 6) is -2.26. The number of rotatable bonds is 10. The Bertz CT molecular complexity index is 2330. The number of thiophene rings is 1. The van der Waals surface area contributed by atoms with E-state index in [1.807, 2.05) is 30.3 Å². The second-order valence-electron chi connectivity index (χ2n) is 13.7. The van der Waals surface area contributed by atoms with Crippen molar-refractivity contribution in [3.8, 4) is 0 Å². The Labute approximate surface area is 325 Å². The smallest absolute Gasteiger partial charge is 0.354 e. The molecule has 0 aliphatic carbocycles. The Balaban J connectivity index is 1.19. The lowest BCUT2D eigenvalue weighted by molar-refractivity contribution is -0.129. The van der Waals surface area contributed by atoms with Crippen LogP contribution in [0.1, 0.15) is 44.8 Å². The number of carbonyl (C=O) groups is 2. The SMILES string of the molecule is N=C(C(=O)O)/C(=C/c1ccc(C=C(c2ccc3c(c2)CCCN3c2ccccc2)c2ccc3c(c2)CCCN3c2ccccc2)s1)C(=O)[N-]c1ccccc1. The van der Waals surface area contributed by atoms with Gasteiger partial charge in [-0.15, -0.1) is 17.0 Å². The van der Waals surface area contributed by atoms with Gasteiger partial charge in [0.1, 0.15) is 5.71 Å². The summed E-state index contributed by atoms with van der Waals surface area (Å²) in [7, 11) is 0. The molecule has 1 aromatic heterocycles. The maximum absolute atomic E-state index is 13.2. The van der Waals surface area contributed by atoms with Crippen LogP contribution in [0.15, 0.2) is 145 Å². The molecule has 5 aromatic carbocycles. The highest BCUT2D eigenvalue weighted by atomic mass is 32.1. The summed E-state index contributed by atoms with van der Waals surface area (Å²) in [4.78, 5) is 31.5. The summed E-state index contributed by atoms with van der Waals surface area (Å²) in [6, 6.07) is 47.1. The second kappa shape index (κ2) is 15.8. The number of hydrogen-bond acceptors (Lipinski definition) is 6. The van der Waals surface area contributed by atoms with E-state index in [4.69, 9.17) is 5.41 Å². The van der Waals surface area contributed by atoms with Gasteiger partial charge in [-0.2, -0.15) is 0 Å². The summed E-state index contributed by atoms with van der Waals surface area (Å²) in [6.45, 7) is 1.94. The molecule has 0 bridgehead atoms. The maximum atomic E-state index is 13.2. The zero-order valence-electron chi connectivity index (χ0n) is 30.2. The molecule has 55 heavy (non-hydrogen) atoms. The first-order valence-electron chi connectivity index (χ1n) is 18.5. The minimum absolute atomic E-state index is 0.274. The van der Waals surface area contributed by atoms with Crippen LogP contribution >= 0.6 is 11.3 Å². The Hall–Kier alpha value is -6.51. The molecular weight excluding hydrogens is 701 g/mol. The highest BCUT2D eigenvalue weighted by molar-refractivity contribution is 7.13. The summed E-state index contributed by atoms with van der Waals surface area (Å²) < 4.78 is 0. The van der Waals surface area contributed by atoms with E-state index in [9.17, 15) is 14.7 Å². The number of para-hydroxylation sites is 3. The van der Waals surface area contributed by atoms with Crippen LogP contribution in [0.3, 0.4) is 0 Å². The Morgan fingerprint density at radius 1 is 0.636 bits per heavy atom. The third kappa shape index (κ3) is 7.77. The Morgan fingerprint density at radius 2 is 1.13 bits per heavy atom. The fourth-order valence-electron chi connectivity index (χ4n) is 7.46. The highest BCUT2D eigenvalue weighted by Gasteiger charge is 2.23. The molecular formula is C47H39N4O3S-. The summed E-state index contributed by atoms with van der Waals surface area (Å²) in [5.41, 5.74) is 10.1. The van der Waals surface area contributed by atoms with Crippen molar-refractivity contribution in [2.24, 2.45) is 0 Å². The summed E-state index contributed by atoms with van der Waals surface area (Å²) in [6.07, 6.45) is 7.74. The number of fused-ring (bicyclic) bond motifs is 2. The van der Waals surface area contributed by atoms with Gasteiger partial charge in [-0.3, -0.25) is 5.41 Å². The molecule has 2 aliphatic rings. The lowest BCUT2D eigenvalue weighted by Gasteiger charge is -2.32. The lowest BCUT2D eigenvalue weighted by atomic mass is 9.90. The first kappa shape index (κ1) is 35.5. The zero-order chi connectivity index (χ0) is 37.7. The predicted molar refractivity (Wildman–Crippen MR) is 226 cm³/mol. The topological polar surface area (TPSA) is 98.8 Å². The third-order valence-electron chi connectivity index (χ3n) is 10.1. The lowest BCUT2D eigenvalue weighted by Crippen LogP contribution is -2.24. The Kier molecular flexibility index (Phi) is 10.2. The minimum Gasteiger partial charge on any atom is -0.623 e. The van der Waals surface area contributed by atoms with Crippen molar-refractivity contribution >= 4 is 75.1 Å². The molecule has 8 heteroatoms. The van der Waals surface area contributed by atoms with Gasteiger partial charge in [-0.05, 0) is 126 Å². The molecule has 0 fully saturated rings. The van der Waals surface area contributed by atoms with Crippen molar-refractivity contribution in [2.75, 3.05) is 22.9 Å². The van der Waals surface area contributed by atoms with Crippen LogP contribution in [0, 0.1) is 5.41 Å². The number of carbonyl (C=O) groups excluding carboxylic acids is 1.